The number of cyclic esters (lactones) is 1. The fraction of sp³-hybridized carbons (Fsp3) is 0.421. The molecule has 0 aromatic carbocycles. The maximum absolute atomic E-state index is 11.2. The molecule has 1 heterocycles. The first kappa shape index (κ1) is 29.2. The average Bonchev–Trinajstić information content (AvgIpc) is 2.61. The Morgan fingerprint density at radius 2 is 2.07 bits per heavy atom. The van der Waals surface area contributed by atoms with Crippen LogP contribution >= 0.6 is 7.82 Å². The number of phosphoric acid groups is 1. The van der Waals surface area contributed by atoms with Crippen LogP contribution in [-0.4, -0.2) is 56.7 Å². The SMILES string of the molecule is C[C@@](O)(/C=C/[C@H]1CC=CC(=O)O1)[C@@H](C[C@@H](O)/C=C/C=C/C=C/CO)OP(=O)([O-])O.[Na+]. The van der Waals surface area contributed by atoms with Crippen LogP contribution in [0.15, 0.2) is 60.8 Å². The Hall–Kier alpha value is -0.840. The number of ether oxygens (including phenoxy) is 1. The molecule has 0 bridgehead atoms. The summed E-state index contributed by atoms with van der Waals surface area (Å²) in [7, 11) is -5.21. The third-order valence-corrected chi connectivity index (χ3v) is 4.34. The van der Waals surface area contributed by atoms with E-state index in [1.165, 1.54) is 43.4 Å². The number of hydrogen-bond donors (Lipinski definition) is 4. The molecule has 11 heteroatoms. The fourth-order valence-corrected chi connectivity index (χ4v) is 2.99. The van der Waals surface area contributed by atoms with Crippen molar-refractivity contribution in [1.82, 2.24) is 0 Å². The molecule has 0 aromatic heterocycles. The Morgan fingerprint density at radius 3 is 2.67 bits per heavy atom. The molecule has 0 aromatic rings. The van der Waals surface area contributed by atoms with Gasteiger partial charge in [0.25, 0.3) is 7.82 Å². The van der Waals surface area contributed by atoms with Gasteiger partial charge in [-0.2, -0.15) is 0 Å². The number of carbonyl (C=O) groups is 1. The minimum absolute atomic E-state index is 0. The van der Waals surface area contributed by atoms with Crippen LogP contribution in [0.2, 0.25) is 0 Å². The molecule has 0 aliphatic carbocycles. The number of esters is 1. The van der Waals surface area contributed by atoms with Crippen molar-refractivity contribution in [1.29, 1.82) is 0 Å². The van der Waals surface area contributed by atoms with Gasteiger partial charge in [0.15, 0.2) is 0 Å². The molecule has 0 radical (unpaired) electrons. The molecule has 0 spiro atoms. The Balaban J connectivity index is 0.00000841. The van der Waals surface area contributed by atoms with Gasteiger partial charge in [-0.25, -0.2) is 4.79 Å². The van der Waals surface area contributed by atoms with Crippen molar-refractivity contribution in [2.45, 2.75) is 43.7 Å². The molecule has 162 valence electrons. The van der Waals surface area contributed by atoms with Gasteiger partial charge in [-0.3, -0.25) is 4.57 Å². The molecule has 0 amide bonds. The summed E-state index contributed by atoms with van der Waals surface area (Å²) in [6.07, 6.45) is 11.2. The van der Waals surface area contributed by atoms with Crippen LogP contribution in [0.25, 0.3) is 0 Å². The smallest absolute Gasteiger partial charge is 0.756 e. The Morgan fingerprint density at radius 1 is 1.40 bits per heavy atom. The van der Waals surface area contributed by atoms with Crippen molar-refractivity contribution in [2.24, 2.45) is 0 Å². The summed E-state index contributed by atoms with van der Waals surface area (Å²) >= 11 is 0. The average molecular weight is 452 g/mol. The van der Waals surface area contributed by atoms with E-state index in [4.69, 9.17) is 14.7 Å². The van der Waals surface area contributed by atoms with Gasteiger partial charge in [0.1, 0.15) is 17.8 Å². The molecule has 0 saturated heterocycles. The van der Waals surface area contributed by atoms with Gasteiger partial charge >= 0.3 is 35.5 Å². The second kappa shape index (κ2) is 14.3. The van der Waals surface area contributed by atoms with Crippen LogP contribution < -0.4 is 34.5 Å². The second-order valence-corrected chi connectivity index (χ2v) is 7.59. The van der Waals surface area contributed by atoms with Crippen molar-refractivity contribution in [3.8, 4) is 0 Å². The monoisotopic (exact) mass is 452 g/mol. The van der Waals surface area contributed by atoms with E-state index in [1.807, 2.05) is 0 Å². The predicted molar refractivity (Wildman–Crippen MR) is 103 cm³/mol. The maximum atomic E-state index is 11.2. The number of carbonyl (C=O) groups excluding carboxylic acids is 1. The zero-order chi connectivity index (χ0) is 21.9. The molecule has 4 N–H and O–H groups in total. The summed E-state index contributed by atoms with van der Waals surface area (Å²) in [5, 5.41) is 29.3. The molecular formula is C19H26NaO9P. The van der Waals surface area contributed by atoms with Crippen LogP contribution in [-0.2, 0) is 18.6 Å². The zero-order valence-electron chi connectivity index (χ0n) is 16.9. The first-order chi connectivity index (χ1) is 13.5. The predicted octanol–water partition coefficient (Wildman–Crippen LogP) is -2.57. The topological polar surface area (TPSA) is 157 Å². The Kier molecular flexibility index (Phi) is 13.9. The summed E-state index contributed by atoms with van der Waals surface area (Å²) in [5.74, 6) is -0.541. The van der Waals surface area contributed by atoms with E-state index in [1.54, 1.807) is 24.3 Å². The van der Waals surface area contributed by atoms with Gasteiger partial charge in [0.05, 0.1) is 12.7 Å². The third kappa shape index (κ3) is 12.8. The molecule has 1 aliphatic rings. The van der Waals surface area contributed by atoms with Crippen LogP contribution in [0, 0.1) is 0 Å². The van der Waals surface area contributed by atoms with E-state index in [9.17, 15) is 24.5 Å². The third-order valence-electron chi connectivity index (χ3n) is 3.81. The van der Waals surface area contributed by atoms with Gasteiger partial charge in [0.2, 0.25) is 0 Å². The quantitative estimate of drug-likeness (QED) is 0.0870. The molecule has 9 nitrogen and oxygen atoms in total. The summed E-state index contributed by atoms with van der Waals surface area (Å²) < 4.78 is 20.8. The Labute approximate surface area is 197 Å². The maximum Gasteiger partial charge on any atom is 1.00 e. The normalized spacial score (nSPS) is 23.4. The number of aliphatic hydroxyl groups excluding tert-OH is 2. The van der Waals surface area contributed by atoms with Gasteiger partial charge in [-0.05, 0) is 13.0 Å². The molecule has 1 unspecified atom stereocenters. The van der Waals surface area contributed by atoms with Crippen molar-refractivity contribution >= 4 is 13.8 Å². The van der Waals surface area contributed by atoms with E-state index >= 15 is 0 Å². The standard InChI is InChI=1S/C19H27O9P.Na/c1-19(23,12-11-16-9-7-10-18(22)27-16)17(28-29(24,25)26)14-15(21)8-5-3-2-4-6-13-20;/h2-8,10-12,15-17,20-21,23H,9,13-14H2,1H3,(H2,24,25,26);/q;+1/p-1/b3-2+,6-4+,8-5+,12-11+;/t15-,16+,17+,19+;/m0./s1. The van der Waals surface area contributed by atoms with Gasteiger partial charge in [-0.15, -0.1) is 0 Å². The van der Waals surface area contributed by atoms with Crippen molar-refractivity contribution in [3.63, 3.8) is 0 Å². The van der Waals surface area contributed by atoms with Gasteiger partial charge in [0, 0.05) is 18.9 Å². The number of phosphoric ester groups is 1. The first-order valence-electron chi connectivity index (χ1n) is 8.83. The Bertz CT molecular complexity index is 722. The minimum Gasteiger partial charge on any atom is -0.756 e. The van der Waals surface area contributed by atoms with Gasteiger partial charge in [-0.1, -0.05) is 48.6 Å². The number of allylic oxidation sites excluding steroid dienone is 4. The van der Waals surface area contributed by atoms with Gasteiger partial charge < -0.3 is 34.4 Å². The van der Waals surface area contributed by atoms with Crippen molar-refractivity contribution < 1.29 is 73.3 Å². The van der Waals surface area contributed by atoms with Crippen molar-refractivity contribution in [2.75, 3.05) is 6.61 Å². The van der Waals surface area contributed by atoms with E-state index in [2.05, 4.69) is 4.52 Å². The molecule has 0 saturated carbocycles. The molecule has 30 heavy (non-hydrogen) atoms. The van der Waals surface area contributed by atoms with Crippen LogP contribution in [0.1, 0.15) is 19.8 Å². The van der Waals surface area contributed by atoms with Crippen LogP contribution in [0.5, 0.6) is 0 Å². The molecule has 0 fully saturated rings. The number of hydrogen-bond acceptors (Lipinski definition) is 8. The summed E-state index contributed by atoms with van der Waals surface area (Å²) in [6, 6.07) is 0. The molecule has 1 rings (SSSR count). The molecule has 5 atom stereocenters. The molecule has 1 aliphatic heterocycles. The van der Waals surface area contributed by atoms with Crippen LogP contribution in [0.4, 0.5) is 0 Å². The summed E-state index contributed by atoms with van der Waals surface area (Å²) in [4.78, 5) is 31.5. The van der Waals surface area contributed by atoms with E-state index in [-0.39, 0.29) is 42.6 Å². The second-order valence-electron chi connectivity index (χ2n) is 6.44. The molecular weight excluding hydrogens is 426 g/mol. The zero-order valence-corrected chi connectivity index (χ0v) is 19.8. The number of rotatable bonds is 11. The van der Waals surface area contributed by atoms with Crippen LogP contribution in [0.3, 0.4) is 0 Å². The van der Waals surface area contributed by atoms with Crippen molar-refractivity contribution in [3.05, 3.63) is 60.8 Å². The minimum atomic E-state index is -5.21. The van der Waals surface area contributed by atoms with E-state index in [0.717, 1.165) is 0 Å². The van der Waals surface area contributed by atoms with E-state index in [0.29, 0.717) is 6.42 Å². The fourth-order valence-electron chi connectivity index (χ4n) is 2.37. The summed E-state index contributed by atoms with van der Waals surface area (Å²) in [6.45, 7) is 1.13. The largest absolute Gasteiger partial charge is 1.00 e. The summed E-state index contributed by atoms with van der Waals surface area (Å²) in [5.41, 5.74) is -1.91. The van der Waals surface area contributed by atoms with E-state index < -0.39 is 37.7 Å². The first-order valence-corrected chi connectivity index (χ1v) is 10.3. The number of aliphatic hydroxyl groups is 3.